The van der Waals surface area contributed by atoms with Crippen LogP contribution in [0.2, 0.25) is 0 Å². The largest absolute Gasteiger partial charge is 0.399 e. The van der Waals surface area contributed by atoms with E-state index in [2.05, 4.69) is 0 Å². The topological polar surface area (TPSA) is 55.6 Å². The molecule has 0 aliphatic carbocycles. The summed E-state index contributed by atoms with van der Waals surface area (Å²) < 4.78 is 5.33. The van der Waals surface area contributed by atoms with Crippen molar-refractivity contribution in [2.24, 2.45) is 0 Å². The summed E-state index contributed by atoms with van der Waals surface area (Å²) in [6.45, 7) is 2.90. The van der Waals surface area contributed by atoms with Gasteiger partial charge in [0.15, 0.2) is 0 Å². The third kappa shape index (κ3) is 4.20. The number of anilines is 1. The molecule has 5 heteroatoms. The summed E-state index contributed by atoms with van der Waals surface area (Å²) in [6.07, 6.45) is 1.37. The Bertz CT molecular complexity index is 373. The van der Waals surface area contributed by atoms with Gasteiger partial charge in [0, 0.05) is 25.4 Å². The number of benzene rings is 1. The van der Waals surface area contributed by atoms with Gasteiger partial charge in [-0.3, -0.25) is 4.79 Å². The maximum absolute atomic E-state index is 12.0. The molecule has 0 aromatic heterocycles. The first kappa shape index (κ1) is 14.8. The molecule has 18 heavy (non-hydrogen) atoms. The lowest BCUT2D eigenvalue weighted by Gasteiger charge is -2.19. The van der Waals surface area contributed by atoms with Crippen molar-refractivity contribution in [3.63, 3.8) is 0 Å². The smallest absolute Gasteiger partial charge is 0.227 e. The molecule has 0 radical (unpaired) electrons. The molecule has 1 aliphatic rings. The Morgan fingerprint density at radius 2 is 1.94 bits per heavy atom. The molecule has 0 spiro atoms. The van der Waals surface area contributed by atoms with Gasteiger partial charge < -0.3 is 15.4 Å². The predicted octanol–water partition coefficient (Wildman–Crippen LogP) is 1.48. The van der Waals surface area contributed by atoms with Gasteiger partial charge in [-0.1, -0.05) is 12.1 Å². The lowest BCUT2D eigenvalue weighted by Crippen LogP contribution is -2.34. The van der Waals surface area contributed by atoms with Crippen LogP contribution in [0.3, 0.4) is 0 Å². The number of carbonyl (C=O) groups excluding carboxylic acids is 1. The van der Waals surface area contributed by atoms with E-state index in [1.165, 1.54) is 0 Å². The van der Waals surface area contributed by atoms with Crippen molar-refractivity contribution in [1.82, 2.24) is 4.90 Å². The number of hydrogen-bond donors (Lipinski definition) is 1. The molecule has 2 rings (SSSR count). The van der Waals surface area contributed by atoms with Gasteiger partial charge >= 0.3 is 0 Å². The molecule has 2 N–H and O–H groups in total. The Hall–Kier alpha value is -1.26. The van der Waals surface area contributed by atoms with Crippen LogP contribution in [0.5, 0.6) is 0 Å². The Labute approximate surface area is 114 Å². The van der Waals surface area contributed by atoms with Gasteiger partial charge in [-0.15, -0.1) is 12.4 Å². The van der Waals surface area contributed by atoms with Crippen LogP contribution in [0.4, 0.5) is 5.69 Å². The highest BCUT2D eigenvalue weighted by Gasteiger charge is 2.15. The molecule has 1 aromatic rings. The van der Waals surface area contributed by atoms with E-state index in [-0.39, 0.29) is 18.3 Å². The van der Waals surface area contributed by atoms with E-state index in [0.29, 0.717) is 19.6 Å². The van der Waals surface area contributed by atoms with Gasteiger partial charge in [-0.25, -0.2) is 0 Å². The molecule has 0 unspecified atom stereocenters. The van der Waals surface area contributed by atoms with Gasteiger partial charge in [0.1, 0.15) is 0 Å². The summed E-state index contributed by atoms with van der Waals surface area (Å²) in [5.74, 6) is 0.167. The quantitative estimate of drug-likeness (QED) is 0.829. The minimum Gasteiger partial charge on any atom is -0.399 e. The van der Waals surface area contributed by atoms with Crippen LogP contribution >= 0.6 is 12.4 Å². The van der Waals surface area contributed by atoms with Crippen LogP contribution in [-0.4, -0.2) is 37.1 Å². The fourth-order valence-corrected chi connectivity index (χ4v) is 1.92. The van der Waals surface area contributed by atoms with E-state index in [0.717, 1.165) is 30.8 Å². The summed E-state index contributed by atoms with van der Waals surface area (Å²) >= 11 is 0. The SMILES string of the molecule is Cl.Nc1ccc(CC(=O)N2CCCOCC2)cc1. The monoisotopic (exact) mass is 270 g/mol. The number of halogens is 1. The third-order valence-electron chi connectivity index (χ3n) is 2.91. The molecular formula is C13H19ClN2O2. The summed E-state index contributed by atoms with van der Waals surface area (Å²) in [5.41, 5.74) is 7.34. The number of nitrogen functional groups attached to an aromatic ring is 1. The molecule has 0 atom stereocenters. The number of carbonyl (C=O) groups is 1. The number of amides is 1. The van der Waals surface area contributed by atoms with E-state index in [9.17, 15) is 4.79 Å². The van der Waals surface area contributed by atoms with E-state index >= 15 is 0 Å². The van der Waals surface area contributed by atoms with Gasteiger partial charge in [-0.2, -0.15) is 0 Å². The standard InChI is InChI=1S/C13H18N2O2.ClH/c14-12-4-2-11(3-5-12)10-13(16)15-6-1-8-17-9-7-15;/h2-5H,1,6-10,14H2;1H. The maximum atomic E-state index is 12.0. The second-order valence-electron chi connectivity index (χ2n) is 4.27. The zero-order valence-electron chi connectivity index (χ0n) is 10.3. The first-order chi connectivity index (χ1) is 8.25. The molecule has 1 aliphatic heterocycles. The lowest BCUT2D eigenvalue weighted by atomic mass is 10.1. The average molecular weight is 271 g/mol. The Kier molecular flexibility index (Phi) is 5.95. The summed E-state index contributed by atoms with van der Waals surface area (Å²) in [6, 6.07) is 7.46. The minimum absolute atomic E-state index is 0. The molecular weight excluding hydrogens is 252 g/mol. The average Bonchev–Trinajstić information content (AvgIpc) is 2.61. The number of hydrogen-bond acceptors (Lipinski definition) is 3. The van der Waals surface area contributed by atoms with Gasteiger partial charge in [-0.05, 0) is 24.1 Å². The van der Waals surface area contributed by atoms with E-state index < -0.39 is 0 Å². The first-order valence-corrected chi connectivity index (χ1v) is 5.95. The minimum atomic E-state index is 0. The molecule has 0 saturated carbocycles. The summed E-state index contributed by atoms with van der Waals surface area (Å²) in [5, 5.41) is 0. The molecule has 1 fully saturated rings. The van der Waals surface area contributed by atoms with Gasteiger partial charge in [0.2, 0.25) is 5.91 Å². The number of ether oxygens (including phenoxy) is 1. The van der Waals surface area contributed by atoms with Crippen molar-refractivity contribution < 1.29 is 9.53 Å². The fourth-order valence-electron chi connectivity index (χ4n) is 1.92. The maximum Gasteiger partial charge on any atom is 0.227 e. The second kappa shape index (κ2) is 7.24. The number of rotatable bonds is 2. The lowest BCUT2D eigenvalue weighted by molar-refractivity contribution is -0.130. The van der Waals surface area contributed by atoms with Crippen molar-refractivity contribution in [1.29, 1.82) is 0 Å². The van der Waals surface area contributed by atoms with Crippen molar-refractivity contribution >= 4 is 24.0 Å². The second-order valence-corrected chi connectivity index (χ2v) is 4.27. The van der Waals surface area contributed by atoms with Crippen molar-refractivity contribution in [3.8, 4) is 0 Å². The Morgan fingerprint density at radius 3 is 2.67 bits per heavy atom. The van der Waals surface area contributed by atoms with Crippen LogP contribution in [0.1, 0.15) is 12.0 Å². The van der Waals surface area contributed by atoms with Crippen molar-refractivity contribution in [3.05, 3.63) is 29.8 Å². The molecule has 4 nitrogen and oxygen atoms in total. The highest BCUT2D eigenvalue weighted by molar-refractivity contribution is 5.85. The zero-order chi connectivity index (χ0) is 12.1. The van der Waals surface area contributed by atoms with Crippen LogP contribution in [-0.2, 0) is 16.0 Å². The normalized spacial score (nSPS) is 15.7. The van der Waals surface area contributed by atoms with Crippen LogP contribution in [0, 0.1) is 0 Å². The van der Waals surface area contributed by atoms with Crippen LogP contribution in [0.15, 0.2) is 24.3 Å². The van der Waals surface area contributed by atoms with E-state index in [1.54, 1.807) is 0 Å². The van der Waals surface area contributed by atoms with E-state index in [1.807, 2.05) is 29.2 Å². The van der Waals surface area contributed by atoms with Crippen molar-refractivity contribution in [2.45, 2.75) is 12.8 Å². The number of nitrogens with two attached hydrogens (primary N) is 1. The first-order valence-electron chi connectivity index (χ1n) is 5.95. The molecule has 100 valence electrons. The highest BCUT2D eigenvalue weighted by atomic mass is 35.5. The Morgan fingerprint density at radius 1 is 1.22 bits per heavy atom. The summed E-state index contributed by atoms with van der Waals surface area (Å²) in [4.78, 5) is 13.9. The molecule has 1 heterocycles. The highest BCUT2D eigenvalue weighted by Crippen LogP contribution is 2.09. The van der Waals surface area contributed by atoms with Gasteiger partial charge in [0.25, 0.3) is 0 Å². The fraction of sp³-hybridized carbons (Fsp3) is 0.462. The number of nitrogens with zero attached hydrogens (tertiary/aromatic N) is 1. The third-order valence-corrected chi connectivity index (χ3v) is 2.91. The van der Waals surface area contributed by atoms with E-state index in [4.69, 9.17) is 10.5 Å². The molecule has 1 saturated heterocycles. The predicted molar refractivity (Wildman–Crippen MR) is 73.8 cm³/mol. The molecule has 1 amide bonds. The summed E-state index contributed by atoms with van der Waals surface area (Å²) in [7, 11) is 0. The molecule has 0 bridgehead atoms. The van der Waals surface area contributed by atoms with Gasteiger partial charge in [0.05, 0.1) is 13.0 Å². The Balaban J connectivity index is 0.00000162. The van der Waals surface area contributed by atoms with Crippen LogP contribution in [0.25, 0.3) is 0 Å². The zero-order valence-corrected chi connectivity index (χ0v) is 11.1. The molecule has 1 aromatic carbocycles. The van der Waals surface area contributed by atoms with Crippen molar-refractivity contribution in [2.75, 3.05) is 32.0 Å². The van der Waals surface area contributed by atoms with Crippen LogP contribution < -0.4 is 5.73 Å².